The van der Waals surface area contributed by atoms with E-state index in [0.29, 0.717) is 29.3 Å². The summed E-state index contributed by atoms with van der Waals surface area (Å²) >= 11 is 0. The zero-order valence-corrected chi connectivity index (χ0v) is 8.10. The van der Waals surface area contributed by atoms with Gasteiger partial charge >= 0.3 is 0 Å². The van der Waals surface area contributed by atoms with E-state index < -0.39 is 9.84 Å². The van der Waals surface area contributed by atoms with E-state index in [-0.39, 0.29) is 0 Å². The molecule has 0 amide bonds. The second-order valence-corrected chi connectivity index (χ2v) is 6.18. The average molecular weight is 189 g/mol. The third-order valence-corrected chi connectivity index (χ3v) is 4.91. The first-order chi connectivity index (χ1) is 5.64. The van der Waals surface area contributed by atoms with Gasteiger partial charge in [-0.15, -0.1) is 0 Å². The van der Waals surface area contributed by atoms with Crippen molar-refractivity contribution in [1.29, 1.82) is 0 Å². The molecule has 0 radical (unpaired) electrons. The molecule has 0 aromatic heterocycles. The Bertz CT molecular complexity index is 273. The minimum atomic E-state index is -2.67. The minimum absolute atomic E-state index is 0.425. The minimum Gasteiger partial charge on any atom is -0.319 e. The highest BCUT2D eigenvalue weighted by Gasteiger charge is 2.53. The van der Waals surface area contributed by atoms with E-state index in [0.717, 1.165) is 13.0 Å². The monoisotopic (exact) mass is 189 g/mol. The van der Waals surface area contributed by atoms with Crippen molar-refractivity contribution in [2.45, 2.75) is 6.42 Å². The van der Waals surface area contributed by atoms with E-state index in [9.17, 15) is 8.42 Å². The maximum absolute atomic E-state index is 11.2. The van der Waals surface area contributed by atoms with Gasteiger partial charge in [0.1, 0.15) is 0 Å². The van der Waals surface area contributed by atoms with Crippen molar-refractivity contribution in [1.82, 2.24) is 5.32 Å². The Morgan fingerprint density at radius 1 is 1.42 bits per heavy atom. The number of hydrogen-bond donors (Lipinski definition) is 1. The van der Waals surface area contributed by atoms with Crippen LogP contribution in [0.4, 0.5) is 0 Å². The number of fused-ring (bicyclic) bond motifs is 1. The number of sulfone groups is 1. The predicted molar refractivity (Wildman–Crippen MR) is 47.7 cm³/mol. The van der Waals surface area contributed by atoms with Crippen LogP contribution in [0.1, 0.15) is 6.42 Å². The van der Waals surface area contributed by atoms with E-state index in [4.69, 9.17) is 0 Å². The summed E-state index contributed by atoms with van der Waals surface area (Å²) in [5.74, 6) is 2.71. The molecule has 12 heavy (non-hydrogen) atoms. The van der Waals surface area contributed by atoms with Gasteiger partial charge in [0.2, 0.25) is 0 Å². The maximum Gasteiger partial charge on any atom is 0.150 e. The molecule has 4 heteroatoms. The smallest absolute Gasteiger partial charge is 0.150 e. The summed E-state index contributed by atoms with van der Waals surface area (Å²) in [4.78, 5) is 0. The third-order valence-electron chi connectivity index (χ3n) is 3.16. The molecule has 2 aliphatic rings. The summed E-state index contributed by atoms with van der Waals surface area (Å²) in [6, 6.07) is 0. The highest BCUT2D eigenvalue weighted by atomic mass is 32.2. The average Bonchev–Trinajstić information content (AvgIpc) is 2.61. The summed E-state index contributed by atoms with van der Waals surface area (Å²) in [6.07, 6.45) is 0.902. The van der Waals surface area contributed by atoms with Crippen LogP contribution >= 0.6 is 0 Å². The zero-order valence-electron chi connectivity index (χ0n) is 7.29. The van der Waals surface area contributed by atoms with Gasteiger partial charge in [0.15, 0.2) is 9.84 Å². The van der Waals surface area contributed by atoms with Crippen molar-refractivity contribution in [2.75, 3.05) is 25.1 Å². The second-order valence-electron chi connectivity index (χ2n) is 3.95. The zero-order chi connectivity index (χ0) is 8.77. The van der Waals surface area contributed by atoms with Gasteiger partial charge in [-0.25, -0.2) is 8.42 Å². The van der Waals surface area contributed by atoms with Gasteiger partial charge in [0.05, 0.1) is 11.5 Å². The van der Waals surface area contributed by atoms with Crippen molar-refractivity contribution >= 4 is 9.84 Å². The fourth-order valence-corrected chi connectivity index (χ4v) is 4.31. The lowest BCUT2D eigenvalue weighted by Crippen LogP contribution is -2.18. The van der Waals surface area contributed by atoms with Crippen molar-refractivity contribution in [2.24, 2.45) is 17.8 Å². The van der Waals surface area contributed by atoms with Gasteiger partial charge in [-0.05, 0) is 37.8 Å². The second kappa shape index (κ2) is 2.70. The Labute approximate surface area is 73.5 Å². The number of nitrogens with one attached hydrogen (secondary N) is 1. The first kappa shape index (κ1) is 8.51. The summed E-state index contributed by atoms with van der Waals surface area (Å²) in [6.45, 7) is 0.991. The topological polar surface area (TPSA) is 46.2 Å². The standard InChI is InChI=1S/C8H15NO2S/c1-9-4-7-6-2-3-12(10,11)5-8(6)7/h6-9H,2-5H2,1H3. The molecule has 2 rings (SSSR count). The molecule has 1 aliphatic heterocycles. The summed E-state index contributed by atoms with van der Waals surface area (Å²) in [7, 11) is -0.740. The normalized spacial score (nSPS) is 43.6. The Balaban J connectivity index is 1.98. The first-order valence-corrected chi connectivity index (χ1v) is 6.31. The fraction of sp³-hybridized carbons (Fsp3) is 1.00. The molecule has 1 saturated heterocycles. The molecule has 70 valence electrons. The van der Waals surface area contributed by atoms with Gasteiger partial charge < -0.3 is 5.32 Å². The molecule has 1 heterocycles. The lowest BCUT2D eigenvalue weighted by atomic mass is 10.2. The molecule has 1 N–H and O–H groups in total. The van der Waals surface area contributed by atoms with E-state index >= 15 is 0 Å². The summed E-state index contributed by atoms with van der Waals surface area (Å²) in [5, 5.41) is 3.12. The van der Waals surface area contributed by atoms with Crippen molar-refractivity contribution < 1.29 is 8.42 Å². The van der Waals surface area contributed by atoms with Crippen LogP contribution in [0.3, 0.4) is 0 Å². The van der Waals surface area contributed by atoms with Crippen LogP contribution in [-0.4, -0.2) is 33.5 Å². The highest BCUT2D eigenvalue weighted by molar-refractivity contribution is 7.91. The molecule has 3 unspecified atom stereocenters. The van der Waals surface area contributed by atoms with Crippen LogP contribution in [0.15, 0.2) is 0 Å². The lowest BCUT2D eigenvalue weighted by Gasteiger charge is -2.07. The molecular weight excluding hydrogens is 174 g/mol. The number of rotatable bonds is 2. The Morgan fingerprint density at radius 2 is 2.17 bits per heavy atom. The van der Waals surface area contributed by atoms with Crippen molar-refractivity contribution in [3.8, 4) is 0 Å². The maximum atomic E-state index is 11.2. The van der Waals surface area contributed by atoms with Crippen LogP contribution in [0.5, 0.6) is 0 Å². The van der Waals surface area contributed by atoms with E-state index in [1.54, 1.807) is 0 Å². The Kier molecular flexibility index (Phi) is 1.92. The SMILES string of the molecule is CNCC1C2CCS(=O)(=O)CC21. The lowest BCUT2D eigenvalue weighted by molar-refractivity contribution is 0.568. The van der Waals surface area contributed by atoms with Crippen LogP contribution in [0.2, 0.25) is 0 Å². The van der Waals surface area contributed by atoms with Crippen molar-refractivity contribution in [3.63, 3.8) is 0 Å². The van der Waals surface area contributed by atoms with Crippen LogP contribution < -0.4 is 5.32 Å². The van der Waals surface area contributed by atoms with Crippen LogP contribution in [-0.2, 0) is 9.84 Å². The van der Waals surface area contributed by atoms with Gasteiger partial charge in [0.25, 0.3) is 0 Å². The molecule has 0 aromatic rings. The van der Waals surface area contributed by atoms with Gasteiger partial charge in [-0.3, -0.25) is 0 Å². The van der Waals surface area contributed by atoms with E-state index in [1.165, 1.54) is 0 Å². The first-order valence-electron chi connectivity index (χ1n) is 4.49. The summed E-state index contributed by atoms with van der Waals surface area (Å²) in [5.41, 5.74) is 0. The predicted octanol–water partition coefficient (Wildman–Crippen LogP) is -0.113. The Morgan fingerprint density at radius 3 is 2.75 bits per heavy atom. The molecule has 0 aromatic carbocycles. The molecule has 0 spiro atoms. The Hall–Kier alpha value is -0.0900. The highest BCUT2D eigenvalue weighted by Crippen LogP contribution is 2.51. The van der Waals surface area contributed by atoms with Gasteiger partial charge in [0, 0.05) is 0 Å². The quantitative estimate of drug-likeness (QED) is 0.659. The molecule has 3 atom stereocenters. The third kappa shape index (κ3) is 1.38. The molecule has 1 saturated carbocycles. The van der Waals surface area contributed by atoms with E-state index in [2.05, 4.69) is 5.32 Å². The number of hydrogen-bond acceptors (Lipinski definition) is 3. The molecule has 3 nitrogen and oxygen atoms in total. The van der Waals surface area contributed by atoms with Gasteiger partial charge in [-0.1, -0.05) is 0 Å². The molecule has 2 fully saturated rings. The van der Waals surface area contributed by atoms with E-state index in [1.807, 2.05) is 7.05 Å². The fourth-order valence-electron chi connectivity index (χ4n) is 2.43. The summed E-state index contributed by atoms with van der Waals surface area (Å²) < 4.78 is 22.4. The van der Waals surface area contributed by atoms with Crippen LogP contribution in [0, 0.1) is 17.8 Å². The van der Waals surface area contributed by atoms with Crippen molar-refractivity contribution in [3.05, 3.63) is 0 Å². The van der Waals surface area contributed by atoms with Crippen LogP contribution in [0.25, 0.3) is 0 Å². The largest absolute Gasteiger partial charge is 0.319 e. The molecule has 0 bridgehead atoms. The van der Waals surface area contributed by atoms with Gasteiger partial charge in [-0.2, -0.15) is 0 Å². The molecule has 1 aliphatic carbocycles. The molecular formula is C8H15NO2S.